The second kappa shape index (κ2) is 7.56. The Hall–Kier alpha value is -1.99. The van der Waals surface area contributed by atoms with Gasteiger partial charge in [-0.25, -0.2) is 4.98 Å². The van der Waals surface area contributed by atoms with Crippen molar-refractivity contribution in [2.75, 3.05) is 39.8 Å². The van der Waals surface area contributed by atoms with Crippen molar-refractivity contribution in [1.29, 1.82) is 0 Å². The average molecular weight is 387 g/mol. The summed E-state index contributed by atoms with van der Waals surface area (Å²) in [6, 6.07) is 8.02. The van der Waals surface area contributed by atoms with Crippen LogP contribution in [0.1, 0.15) is 30.8 Å². The molecule has 1 aliphatic carbocycles. The third-order valence-corrected chi connectivity index (χ3v) is 6.82. The van der Waals surface area contributed by atoms with Crippen molar-refractivity contribution in [3.63, 3.8) is 0 Å². The van der Waals surface area contributed by atoms with Crippen molar-refractivity contribution < 1.29 is 9.59 Å². The van der Waals surface area contributed by atoms with Gasteiger partial charge in [0.15, 0.2) is 0 Å². The monoisotopic (exact) mass is 386 g/mol. The van der Waals surface area contributed by atoms with Crippen molar-refractivity contribution in [2.24, 2.45) is 5.92 Å². The lowest BCUT2D eigenvalue weighted by molar-refractivity contribution is -0.136. The molecule has 144 valence electrons. The topological polar surface area (TPSA) is 56.8 Å². The number of hydrogen-bond acceptors (Lipinski definition) is 5. The number of para-hydroxylation sites is 1. The van der Waals surface area contributed by atoms with E-state index < -0.39 is 0 Å². The maximum Gasteiger partial charge on any atom is 0.237 e. The molecular weight excluding hydrogens is 360 g/mol. The van der Waals surface area contributed by atoms with Crippen molar-refractivity contribution in [2.45, 2.75) is 25.8 Å². The summed E-state index contributed by atoms with van der Waals surface area (Å²) >= 11 is 1.65. The van der Waals surface area contributed by atoms with Gasteiger partial charge in [-0.15, -0.1) is 11.3 Å². The molecule has 27 heavy (non-hydrogen) atoms. The number of carbonyl (C=O) groups excluding carboxylic acids is 2. The van der Waals surface area contributed by atoms with E-state index in [9.17, 15) is 9.59 Å². The van der Waals surface area contributed by atoms with Crippen LogP contribution in [0.5, 0.6) is 0 Å². The molecule has 2 aliphatic rings. The van der Waals surface area contributed by atoms with Gasteiger partial charge in [-0.2, -0.15) is 0 Å². The number of fused-ring (bicyclic) bond motifs is 1. The first-order chi connectivity index (χ1) is 13.0. The number of thiazole rings is 1. The lowest BCUT2D eigenvalue weighted by Crippen LogP contribution is -2.51. The van der Waals surface area contributed by atoms with E-state index in [1.54, 1.807) is 16.2 Å². The van der Waals surface area contributed by atoms with Crippen LogP contribution in [0.25, 0.3) is 10.2 Å². The molecule has 0 bridgehead atoms. The molecule has 2 heterocycles. The first-order valence-electron chi connectivity index (χ1n) is 9.65. The predicted octanol–water partition coefficient (Wildman–Crippen LogP) is 2.37. The summed E-state index contributed by atoms with van der Waals surface area (Å²) in [5.41, 5.74) is 0.988. The van der Waals surface area contributed by atoms with Crippen LogP contribution in [-0.2, 0) is 9.59 Å². The Morgan fingerprint density at radius 3 is 2.59 bits per heavy atom. The number of aromatic nitrogens is 1. The van der Waals surface area contributed by atoms with E-state index in [0.29, 0.717) is 12.5 Å². The highest BCUT2D eigenvalue weighted by molar-refractivity contribution is 7.18. The molecule has 6 nitrogen and oxygen atoms in total. The Kier molecular flexibility index (Phi) is 5.14. The second-order valence-electron chi connectivity index (χ2n) is 7.58. The van der Waals surface area contributed by atoms with Crippen molar-refractivity contribution in [3.8, 4) is 0 Å². The zero-order chi connectivity index (χ0) is 19.0. The zero-order valence-electron chi connectivity index (χ0n) is 15.9. The Labute approximate surface area is 163 Å². The Balaban J connectivity index is 1.31. The molecule has 1 unspecified atom stereocenters. The van der Waals surface area contributed by atoms with Crippen LogP contribution in [0.15, 0.2) is 24.3 Å². The van der Waals surface area contributed by atoms with Crippen LogP contribution < -0.4 is 0 Å². The number of likely N-dealkylation sites (N-methyl/N-ethyl adjacent to an activating group) is 1. The van der Waals surface area contributed by atoms with Gasteiger partial charge in [-0.05, 0) is 31.9 Å². The number of rotatable bonds is 5. The van der Waals surface area contributed by atoms with E-state index in [0.717, 1.165) is 54.2 Å². The summed E-state index contributed by atoms with van der Waals surface area (Å²) < 4.78 is 1.15. The molecule has 4 rings (SSSR count). The van der Waals surface area contributed by atoms with E-state index in [4.69, 9.17) is 0 Å². The molecule has 1 saturated heterocycles. The molecule has 2 fully saturated rings. The summed E-state index contributed by atoms with van der Waals surface area (Å²) in [7, 11) is 1.85. The van der Waals surface area contributed by atoms with E-state index in [1.165, 1.54) is 0 Å². The predicted molar refractivity (Wildman–Crippen MR) is 107 cm³/mol. The minimum absolute atomic E-state index is 0.0485. The lowest BCUT2D eigenvalue weighted by atomic mass is 10.2. The third-order valence-electron chi connectivity index (χ3n) is 5.61. The van der Waals surface area contributed by atoms with Crippen LogP contribution in [-0.4, -0.2) is 71.3 Å². The van der Waals surface area contributed by atoms with E-state index >= 15 is 0 Å². The van der Waals surface area contributed by atoms with Gasteiger partial charge in [-0.1, -0.05) is 12.1 Å². The van der Waals surface area contributed by atoms with Crippen LogP contribution in [0, 0.1) is 5.92 Å². The van der Waals surface area contributed by atoms with Crippen molar-refractivity contribution >= 4 is 33.4 Å². The lowest BCUT2D eigenvalue weighted by Gasteiger charge is -2.35. The summed E-state index contributed by atoms with van der Waals surface area (Å²) in [6.07, 6.45) is 2.10. The van der Waals surface area contributed by atoms with Crippen LogP contribution >= 0.6 is 11.3 Å². The molecule has 2 aromatic rings. The summed E-state index contributed by atoms with van der Waals surface area (Å²) in [5.74, 6) is 0.685. The van der Waals surface area contributed by atoms with Gasteiger partial charge >= 0.3 is 0 Å². The summed E-state index contributed by atoms with van der Waals surface area (Å²) in [5, 5.41) is 0.965. The number of nitrogens with zero attached hydrogens (tertiary/aromatic N) is 4. The molecule has 1 saturated carbocycles. The van der Waals surface area contributed by atoms with Gasteiger partial charge in [0, 0.05) is 39.1 Å². The zero-order valence-corrected chi connectivity index (χ0v) is 16.7. The van der Waals surface area contributed by atoms with Crippen molar-refractivity contribution in [1.82, 2.24) is 19.7 Å². The Morgan fingerprint density at radius 1 is 1.22 bits per heavy atom. The van der Waals surface area contributed by atoms with Gasteiger partial charge in [0.1, 0.15) is 5.01 Å². The fraction of sp³-hybridized carbons (Fsp3) is 0.550. The molecule has 0 radical (unpaired) electrons. The highest BCUT2D eigenvalue weighted by atomic mass is 32.1. The number of benzene rings is 1. The third kappa shape index (κ3) is 3.99. The fourth-order valence-electron chi connectivity index (χ4n) is 3.47. The summed E-state index contributed by atoms with van der Waals surface area (Å²) in [6.45, 7) is 5.44. The smallest absolute Gasteiger partial charge is 0.237 e. The molecule has 1 atom stereocenters. The number of amides is 2. The van der Waals surface area contributed by atoms with Gasteiger partial charge in [-0.3, -0.25) is 14.5 Å². The highest BCUT2D eigenvalue weighted by Gasteiger charge is 2.35. The minimum Gasteiger partial charge on any atom is -0.340 e. The molecule has 2 amide bonds. The molecule has 7 heteroatoms. The van der Waals surface area contributed by atoms with Gasteiger partial charge in [0.2, 0.25) is 11.8 Å². The number of carbonyl (C=O) groups is 2. The van der Waals surface area contributed by atoms with Crippen LogP contribution in [0.2, 0.25) is 0 Å². The molecule has 0 spiro atoms. The van der Waals surface area contributed by atoms with Crippen LogP contribution in [0.3, 0.4) is 0 Å². The minimum atomic E-state index is -0.0485. The Bertz CT molecular complexity index is 806. The standard InChI is InChI=1S/C20H26N4O2S/c1-14(19-21-16-5-3-4-6-17(16)27-19)22(2)18(25)13-23-9-11-24(12-10-23)20(26)15-7-8-15/h3-6,14-15H,7-13H2,1-2H3. The van der Waals surface area contributed by atoms with Gasteiger partial charge in [0.25, 0.3) is 0 Å². The number of hydrogen-bond donors (Lipinski definition) is 0. The highest BCUT2D eigenvalue weighted by Crippen LogP contribution is 2.31. The molecule has 1 aromatic carbocycles. The number of piperazine rings is 1. The van der Waals surface area contributed by atoms with Gasteiger partial charge in [0.05, 0.1) is 22.8 Å². The molecule has 0 N–H and O–H groups in total. The van der Waals surface area contributed by atoms with Crippen molar-refractivity contribution in [3.05, 3.63) is 29.3 Å². The first-order valence-corrected chi connectivity index (χ1v) is 10.5. The largest absolute Gasteiger partial charge is 0.340 e. The SMILES string of the molecule is CC(c1nc2ccccc2s1)N(C)C(=O)CN1CCN(C(=O)C2CC2)CC1. The van der Waals surface area contributed by atoms with Crippen LogP contribution in [0.4, 0.5) is 0 Å². The van der Waals surface area contributed by atoms with E-state index in [1.807, 2.05) is 37.1 Å². The molecule has 1 aliphatic heterocycles. The van der Waals surface area contributed by atoms with Gasteiger partial charge < -0.3 is 9.80 Å². The Morgan fingerprint density at radius 2 is 1.93 bits per heavy atom. The average Bonchev–Trinajstić information content (AvgIpc) is 3.45. The maximum absolute atomic E-state index is 12.8. The molecule has 1 aromatic heterocycles. The maximum atomic E-state index is 12.8. The van der Waals surface area contributed by atoms with E-state index in [-0.39, 0.29) is 17.9 Å². The summed E-state index contributed by atoms with van der Waals surface area (Å²) in [4.78, 5) is 35.5. The molecular formula is C20H26N4O2S. The normalized spacial score (nSPS) is 19.3. The fourth-order valence-corrected chi connectivity index (χ4v) is 4.53. The second-order valence-corrected chi connectivity index (χ2v) is 8.64. The first kappa shape index (κ1) is 18.4. The quantitative estimate of drug-likeness (QED) is 0.792. The van der Waals surface area contributed by atoms with E-state index in [2.05, 4.69) is 16.0 Å².